The van der Waals surface area contributed by atoms with Crippen molar-refractivity contribution in [3.63, 3.8) is 0 Å². The zero-order chi connectivity index (χ0) is 18.4. The van der Waals surface area contributed by atoms with E-state index in [1.165, 1.54) is 0 Å². The van der Waals surface area contributed by atoms with Crippen LogP contribution in [0.25, 0.3) is 6.08 Å². The quantitative estimate of drug-likeness (QED) is 0.430. The molecule has 0 fully saturated rings. The minimum atomic E-state index is -3.81. The van der Waals surface area contributed by atoms with Crippen LogP contribution < -0.4 is 0 Å². The fourth-order valence-electron chi connectivity index (χ4n) is 2.19. The number of rotatable bonds is 6. The Morgan fingerprint density at radius 3 is 2.00 bits per heavy atom. The summed E-state index contributed by atoms with van der Waals surface area (Å²) in [6.07, 6.45) is 1.93. The van der Waals surface area contributed by atoms with Crippen LogP contribution in [0.15, 0.2) is 93.9 Å². The van der Waals surface area contributed by atoms with Gasteiger partial charge in [-0.2, -0.15) is 0 Å². The van der Waals surface area contributed by atoms with E-state index < -0.39 is 30.4 Å². The molecule has 0 bridgehead atoms. The van der Waals surface area contributed by atoms with Crippen molar-refractivity contribution in [2.45, 2.75) is 11.8 Å². The Morgan fingerprint density at radius 1 is 0.808 bits per heavy atom. The summed E-state index contributed by atoms with van der Waals surface area (Å²) in [6, 6.07) is 26.1. The van der Waals surface area contributed by atoms with Gasteiger partial charge in [-0.15, -0.1) is 0 Å². The SMILES string of the molecule is Cc1ccc(S(=O)(=O)OI(/C=C/c2ccccc2)c2ccccc2)cc1. The van der Waals surface area contributed by atoms with Gasteiger partial charge in [0.15, 0.2) is 0 Å². The Balaban J connectivity index is 1.91. The standard InChI is InChI=1S/C21H19IO3S/c1-18-12-14-21(15-13-18)26(23,24)25-22(20-10-6-3-7-11-20)17-16-19-8-4-2-5-9-19/h2-17H,1H3/b17-16+. The Morgan fingerprint density at radius 2 is 1.38 bits per heavy atom. The Hall–Kier alpha value is -1.96. The molecule has 0 atom stereocenters. The third-order valence-electron chi connectivity index (χ3n) is 3.58. The van der Waals surface area contributed by atoms with E-state index in [-0.39, 0.29) is 4.90 Å². The van der Waals surface area contributed by atoms with E-state index in [0.29, 0.717) is 0 Å². The summed E-state index contributed by atoms with van der Waals surface area (Å²) < 4.78 is 34.0. The van der Waals surface area contributed by atoms with Gasteiger partial charge in [-0.25, -0.2) is 0 Å². The van der Waals surface area contributed by atoms with E-state index in [1.807, 2.05) is 77.7 Å². The zero-order valence-corrected chi connectivity index (χ0v) is 17.2. The van der Waals surface area contributed by atoms with E-state index in [2.05, 4.69) is 0 Å². The molecule has 5 heteroatoms. The molecule has 3 aromatic carbocycles. The van der Waals surface area contributed by atoms with Gasteiger partial charge in [0.25, 0.3) is 0 Å². The van der Waals surface area contributed by atoms with Crippen molar-refractivity contribution < 1.29 is 10.9 Å². The van der Waals surface area contributed by atoms with Crippen LogP contribution in [0.2, 0.25) is 0 Å². The van der Waals surface area contributed by atoms with Gasteiger partial charge in [0.05, 0.1) is 0 Å². The number of aryl methyl sites for hydroxylation is 1. The average Bonchev–Trinajstić information content (AvgIpc) is 2.67. The van der Waals surface area contributed by atoms with Gasteiger partial charge >= 0.3 is 163 Å². The molecular weight excluding hydrogens is 459 g/mol. The summed E-state index contributed by atoms with van der Waals surface area (Å²) in [5.74, 6) is 0. The van der Waals surface area contributed by atoms with Crippen molar-refractivity contribution in [2.24, 2.45) is 0 Å². The van der Waals surface area contributed by atoms with Gasteiger partial charge < -0.3 is 0 Å². The number of halogens is 1. The van der Waals surface area contributed by atoms with Gasteiger partial charge in [-0.1, -0.05) is 0 Å². The van der Waals surface area contributed by atoms with Crippen LogP contribution in [-0.4, -0.2) is 8.42 Å². The molecule has 0 aliphatic rings. The number of benzene rings is 3. The van der Waals surface area contributed by atoms with Crippen LogP contribution in [0.5, 0.6) is 0 Å². The molecule has 0 amide bonds. The first kappa shape index (κ1) is 18.8. The summed E-state index contributed by atoms with van der Waals surface area (Å²) in [5, 5.41) is 0. The fraction of sp³-hybridized carbons (Fsp3) is 0.0476. The summed E-state index contributed by atoms with van der Waals surface area (Å²) >= 11 is -2.55. The molecule has 0 spiro atoms. The maximum absolute atomic E-state index is 12.7. The zero-order valence-electron chi connectivity index (χ0n) is 14.2. The predicted molar refractivity (Wildman–Crippen MR) is 114 cm³/mol. The normalized spacial score (nSPS) is 12.3. The molecule has 3 nitrogen and oxygen atoms in total. The molecule has 0 unspecified atom stereocenters. The van der Waals surface area contributed by atoms with E-state index >= 15 is 0 Å². The maximum atomic E-state index is 12.7. The molecule has 134 valence electrons. The average molecular weight is 478 g/mol. The van der Waals surface area contributed by atoms with Crippen molar-refractivity contribution in [2.75, 3.05) is 0 Å². The molecule has 0 aromatic heterocycles. The topological polar surface area (TPSA) is 43.4 Å². The first-order chi connectivity index (χ1) is 12.5. The van der Waals surface area contributed by atoms with E-state index in [4.69, 9.17) is 2.51 Å². The summed E-state index contributed by atoms with van der Waals surface area (Å²) in [4.78, 5) is 0.189. The monoisotopic (exact) mass is 478 g/mol. The Bertz CT molecular complexity index is 967. The van der Waals surface area contributed by atoms with Gasteiger partial charge in [0.1, 0.15) is 0 Å². The van der Waals surface area contributed by atoms with Gasteiger partial charge in [0.2, 0.25) is 0 Å². The molecular formula is C21H19IO3S. The van der Waals surface area contributed by atoms with Crippen LogP contribution in [-0.2, 0) is 12.6 Å². The van der Waals surface area contributed by atoms with Crippen molar-refractivity contribution in [3.8, 4) is 0 Å². The number of hydrogen-bond donors (Lipinski definition) is 0. The number of hydrogen-bond acceptors (Lipinski definition) is 3. The molecule has 0 saturated heterocycles. The van der Waals surface area contributed by atoms with E-state index in [1.54, 1.807) is 24.3 Å². The molecule has 3 rings (SSSR count). The molecule has 0 saturated carbocycles. The van der Waals surface area contributed by atoms with Crippen molar-refractivity contribution in [1.82, 2.24) is 0 Å². The molecule has 26 heavy (non-hydrogen) atoms. The first-order valence-corrected chi connectivity index (χ1v) is 12.6. The molecule has 0 aliphatic heterocycles. The van der Waals surface area contributed by atoms with Crippen LogP contribution in [0.4, 0.5) is 0 Å². The Kier molecular flexibility index (Phi) is 6.24. The molecule has 0 heterocycles. The first-order valence-electron chi connectivity index (χ1n) is 8.03. The van der Waals surface area contributed by atoms with Gasteiger partial charge in [0, 0.05) is 0 Å². The molecule has 0 N–H and O–H groups in total. The molecule has 3 aromatic rings. The third-order valence-corrected chi connectivity index (χ3v) is 10.3. The summed E-state index contributed by atoms with van der Waals surface area (Å²) in [7, 11) is -3.81. The Labute approximate surface area is 162 Å². The van der Waals surface area contributed by atoms with Gasteiger partial charge in [-0.05, 0) is 0 Å². The van der Waals surface area contributed by atoms with Crippen molar-refractivity contribution in [3.05, 3.63) is 104 Å². The summed E-state index contributed by atoms with van der Waals surface area (Å²) in [6.45, 7) is 1.92. The van der Waals surface area contributed by atoms with E-state index in [0.717, 1.165) is 14.7 Å². The fourth-order valence-corrected chi connectivity index (χ4v) is 8.45. The van der Waals surface area contributed by atoms with Crippen LogP contribution >= 0.6 is 20.2 Å². The second-order valence-corrected chi connectivity index (χ2v) is 11.7. The second-order valence-electron chi connectivity index (χ2n) is 5.60. The van der Waals surface area contributed by atoms with Gasteiger partial charge in [-0.3, -0.25) is 0 Å². The minimum absolute atomic E-state index is 0.189. The van der Waals surface area contributed by atoms with Crippen molar-refractivity contribution in [1.29, 1.82) is 0 Å². The molecule has 0 aliphatic carbocycles. The van der Waals surface area contributed by atoms with Crippen LogP contribution in [0.1, 0.15) is 11.1 Å². The predicted octanol–water partition coefficient (Wildman–Crippen LogP) is 5.66. The van der Waals surface area contributed by atoms with E-state index in [9.17, 15) is 8.42 Å². The third kappa shape index (κ3) is 5.03. The van der Waals surface area contributed by atoms with Crippen LogP contribution in [0, 0.1) is 10.5 Å². The second kappa shape index (κ2) is 8.62. The van der Waals surface area contributed by atoms with Crippen molar-refractivity contribution >= 4 is 36.4 Å². The summed E-state index contributed by atoms with van der Waals surface area (Å²) in [5.41, 5.74) is 2.02. The van der Waals surface area contributed by atoms with Crippen LogP contribution in [0.3, 0.4) is 0 Å². The molecule has 0 radical (unpaired) electrons.